The molecule has 2 aliphatic rings. The fourth-order valence-corrected chi connectivity index (χ4v) is 5.73. The van der Waals surface area contributed by atoms with Gasteiger partial charge in [-0.05, 0) is 61.9 Å². The number of nitrogens with one attached hydrogen (secondary N) is 2. The summed E-state index contributed by atoms with van der Waals surface area (Å²) in [5.74, 6) is -1.85. The van der Waals surface area contributed by atoms with Gasteiger partial charge in [0.15, 0.2) is 5.75 Å². The van der Waals surface area contributed by atoms with Crippen LogP contribution in [0, 0.1) is 11.3 Å². The number of amides is 3. The Hall–Kier alpha value is -3.68. The molecule has 1 aromatic heterocycles. The Morgan fingerprint density at radius 2 is 1.87 bits per heavy atom. The lowest BCUT2D eigenvalue weighted by Gasteiger charge is -2.36. The second-order valence-electron chi connectivity index (χ2n) is 13.6. The molecule has 3 amide bonds. The van der Waals surface area contributed by atoms with Gasteiger partial charge in [0, 0.05) is 18.9 Å². The number of esters is 1. The van der Waals surface area contributed by atoms with Gasteiger partial charge in [0.2, 0.25) is 11.8 Å². The van der Waals surface area contributed by atoms with Crippen molar-refractivity contribution in [1.82, 2.24) is 25.3 Å². The van der Waals surface area contributed by atoms with E-state index in [1.807, 2.05) is 0 Å². The Labute approximate surface area is 278 Å². The summed E-state index contributed by atoms with van der Waals surface area (Å²) in [6.07, 6.45) is 4.75. The molecule has 5 atom stereocenters. The van der Waals surface area contributed by atoms with Gasteiger partial charge >= 0.3 is 12.1 Å². The summed E-state index contributed by atoms with van der Waals surface area (Å²) in [5.41, 5.74) is -3.42. The monoisotopic (exact) mass is 707 g/mol. The maximum absolute atomic E-state index is 14.3. The minimum absolute atomic E-state index is 0.00848. The molecule has 2 N–H and O–H groups in total. The van der Waals surface area contributed by atoms with Crippen molar-refractivity contribution in [2.75, 3.05) is 19.8 Å². The van der Waals surface area contributed by atoms with Gasteiger partial charge in [-0.25, -0.2) is 14.3 Å². The molecule has 0 aromatic carbocycles. The standard InChI is InChI=1S/C32H46BrN5O8/c1-10-13-14-45-22-17-34-38(26(40)23(22)33)20-15-21(25(39)36-32(16-19(32)11-2)28(42)44-12-3)37(18-20)27(41)24(30(4,5)6)35-29(43)46-31(7,8)9/h10-11,17,19-21,24H,1-2,12-16,18H2,3-9H3,(H,35,43)(H,36,39)/t19-,20-,21+,24-,32-/m1/s1. The second-order valence-corrected chi connectivity index (χ2v) is 14.4. The molecule has 46 heavy (non-hydrogen) atoms. The average molecular weight is 709 g/mol. The zero-order valence-corrected chi connectivity index (χ0v) is 29.3. The van der Waals surface area contributed by atoms with Crippen LogP contribution in [0.2, 0.25) is 0 Å². The van der Waals surface area contributed by atoms with Crippen LogP contribution in [0.1, 0.15) is 73.8 Å². The van der Waals surface area contributed by atoms with Gasteiger partial charge in [0.25, 0.3) is 5.56 Å². The summed E-state index contributed by atoms with van der Waals surface area (Å²) >= 11 is 3.31. The largest absolute Gasteiger partial charge is 0.490 e. The number of rotatable bonds is 12. The molecule has 1 aromatic rings. The molecule has 2 fully saturated rings. The van der Waals surface area contributed by atoms with Crippen molar-refractivity contribution in [3.8, 4) is 5.75 Å². The van der Waals surface area contributed by atoms with Crippen LogP contribution in [0.25, 0.3) is 0 Å². The first-order chi connectivity index (χ1) is 21.4. The highest BCUT2D eigenvalue weighted by Gasteiger charge is 2.62. The van der Waals surface area contributed by atoms with E-state index in [9.17, 15) is 24.0 Å². The van der Waals surface area contributed by atoms with Gasteiger partial charge in [-0.15, -0.1) is 13.2 Å². The van der Waals surface area contributed by atoms with E-state index in [1.54, 1.807) is 60.6 Å². The van der Waals surface area contributed by atoms with E-state index in [1.165, 1.54) is 15.8 Å². The topological polar surface area (TPSA) is 158 Å². The lowest BCUT2D eigenvalue weighted by Crippen LogP contribution is -2.59. The number of ether oxygens (including phenoxy) is 3. The molecular formula is C32H46BrN5O8. The Bertz CT molecular complexity index is 1410. The van der Waals surface area contributed by atoms with Crippen molar-refractivity contribution in [2.45, 2.75) is 97.0 Å². The molecule has 254 valence electrons. The Kier molecular flexibility index (Phi) is 11.5. The number of likely N-dealkylation sites (tertiary alicyclic amines) is 1. The second kappa shape index (κ2) is 14.4. The molecule has 13 nitrogen and oxygen atoms in total. The van der Waals surface area contributed by atoms with E-state index in [0.717, 1.165) is 0 Å². The highest BCUT2D eigenvalue weighted by molar-refractivity contribution is 9.10. The summed E-state index contributed by atoms with van der Waals surface area (Å²) in [7, 11) is 0. The first kappa shape index (κ1) is 36.8. The predicted molar refractivity (Wildman–Crippen MR) is 174 cm³/mol. The Morgan fingerprint density at radius 1 is 1.20 bits per heavy atom. The fourth-order valence-electron chi connectivity index (χ4n) is 5.33. The first-order valence-electron chi connectivity index (χ1n) is 15.3. The van der Waals surface area contributed by atoms with Crippen LogP contribution in [0.15, 0.2) is 40.8 Å². The summed E-state index contributed by atoms with van der Waals surface area (Å²) in [6.45, 7) is 19.9. The highest BCUT2D eigenvalue weighted by Crippen LogP contribution is 2.46. The van der Waals surface area contributed by atoms with Gasteiger partial charge in [-0.2, -0.15) is 5.10 Å². The number of hydrogen-bond donors (Lipinski definition) is 2. The zero-order chi connectivity index (χ0) is 34.6. The molecule has 3 rings (SSSR count). The van der Waals surface area contributed by atoms with E-state index < -0.39 is 64.1 Å². The van der Waals surface area contributed by atoms with Crippen LogP contribution in [0.3, 0.4) is 0 Å². The number of alkyl carbamates (subject to hydrolysis) is 1. The minimum Gasteiger partial charge on any atom is -0.490 e. The number of halogens is 1. The molecule has 2 heterocycles. The molecule has 0 spiro atoms. The highest BCUT2D eigenvalue weighted by atomic mass is 79.9. The quantitative estimate of drug-likeness (QED) is 0.188. The molecule has 0 bridgehead atoms. The fraction of sp³-hybridized carbons (Fsp3) is 0.625. The summed E-state index contributed by atoms with van der Waals surface area (Å²) in [5, 5.41) is 9.82. The molecular weight excluding hydrogens is 662 g/mol. The first-order valence-corrected chi connectivity index (χ1v) is 16.1. The number of carbonyl (C=O) groups is 4. The Balaban J connectivity index is 2.00. The number of hydrogen-bond acceptors (Lipinski definition) is 9. The molecule has 0 radical (unpaired) electrons. The van der Waals surface area contributed by atoms with Crippen LogP contribution < -0.4 is 20.9 Å². The summed E-state index contributed by atoms with van der Waals surface area (Å²) < 4.78 is 17.7. The molecule has 14 heteroatoms. The van der Waals surface area contributed by atoms with E-state index in [-0.39, 0.29) is 35.7 Å². The molecule has 1 saturated carbocycles. The van der Waals surface area contributed by atoms with E-state index in [0.29, 0.717) is 19.4 Å². The van der Waals surface area contributed by atoms with Crippen molar-refractivity contribution in [3.05, 3.63) is 46.3 Å². The van der Waals surface area contributed by atoms with Gasteiger partial charge < -0.3 is 29.7 Å². The van der Waals surface area contributed by atoms with Gasteiger partial charge in [-0.3, -0.25) is 14.4 Å². The van der Waals surface area contributed by atoms with Gasteiger partial charge in [0.05, 0.1) is 25.5 Å². The van der Waals surface area contributed by atoms with E-state index >= 15 is 0 Å². The SMILES string of the molecule is C=CCCOc1cnn([C@@H]2C[C@@H](C(=O)N[C@]3(C(=O)OCC)C[C@H]3C=C)N(C(=O)[C@@H](NC(=O)OC(C)(C)C)C(C)(C)C)C2)c(=O)c1Br. The lowest BCUT2D eigenvalue weighted by molar-refractivity contribution is -0.150. The average Bonchev–Trinajstić information content (AvgIpc) is 3.49. The third-order valence-corrected chi connectivity index (χ3v) is 8.49. The maximum atomic E-state index is 14.3. The van der Waals surface area contributed by atoms with Gasteiger partial charge in [-0.1, -0.05) is 32.9 Å². The zero-order valence-electron chi connectivity index (χ0n) is 27.7. The number of aromatic nitrogens is 2. The van der Waals surface area contributed by atoms with Crippen LogP contribution >= 0.6 is 15.9 Å². The van der Waals surface area contributed by atoms with E-state index in [4.69, 9.17) is 14.2 Å². The molecule has 1 saturated heterocycles. The van der Waals surface area contributed by atoms with Crippen LogP contribution in [0.5, 0.6) is 5.75 Å². The predicted octanol–water partition coefficient (Wildman–Crippen LogP) is 3.67. The minimum atomic E-state index is -1.30. The molecule has 1 aliphatic heterocycles. The maximum Gasteiger partial charge on any atom is 0.408 e. The number of nitrogens with zero attached hydrogens (tertiary/aromatic N) is 3. The van der Waals surface area contributed by atoms with Crippen LogP contribution in [-0.2, 0) is 23.9 Å². The summed E-state index contributed by atoms with van der Waals surface area (Å²) in [4.78, 5) is 68.8. The Morgan fingerprint density at radius 3 is 2.41 bits per heavy atom. The normalized spacial score (nSPS) is 23.1. The molecule has 0 unspecified atom stereocenters. The third-order valence-electron chi connectivity index (χ3n) is 7.76. The molecule has 1 aliphatic carbocycles. The van der Waals surface area contributed by atoms with Crippen molar-refractivity contribution in [1.29, 1.82) is 0 Å². The third kappa shape index (κ3) is 8.37. The van der Waals surface area contributed by atoms with Crippen LogP contribution in [0.4, 0.5) is 4.79 Å². The van der Waals surface area contributed by atoms with E-state index in [2.05, 4.69) is 44.8 Å². The van der Waals surface area contributed by atoms with Crippen molar-refractivity contribution >= 4 is 39.8 Å². The smallest absolute Gasteiger partial charge is 0.408 e. The van der Waals surface area contributed by atoms with Crippen molar-refractivity contribution in [3.63, 3.8) is 0 Å². The number of carbonyl (C=O) groups excluding carboxylic acids is 4. The van der Waals surface area contributed by atoms with Crippen molar-refractivity contribution < 1.29 is 33.4 Å². The van der Waals surface area contributed by atoms with Crippen LogP contribution in [-0.4, -0.2) is 81.5 Å². The van der Waals surface area contributed by atoms with Crippen molar-refractivity contribution in [2.24, 2.45) is 11.3 Å². The summed E-state index contributed by atoms with van der Waals surface area (Å²) in [6, 6.07) is -2.94. The van der Waals surface area contributed by atoms with Gasteiger partial charge in [0.1, 0.15) is 27.7 Å². The lowest BCUT2D eigenvalue weighted by atomic mass is 9.85.